The number of carboxylic acids is 2. The van der Waals surface area contributed by atoms with Crippen molar-refractivity contribution in [1.82, 2.24) is 19.6 Å². The van der Waals surface area contributed by atoms with Crippen molar-refractivity contribution in [3.8, 4) is 22.3 Å². The molecule has 6 saturated heterocycles. The van der Waals surface area contributed by atoms with Gasteiger partial charge >= 0.3 is 36.3 Å². The van der Waals surface area contributed by atoms with Crippen LogP contribution in [0.4, 0.5) is 19.2 Å². The summed E-state index contributed by atoms with van der Waals surface area (Å²) >= 11 is 0. The number of carbonyl (C=O) groups excluding carboxylic acids is 4. The van der Waals surface area contributed by atoms with Crippen LogP contribution in [0.15, 0.2) is 97.1 Å². The molecule has 2 spiro atoms. The van der Waals surface area contributed by atoms with Gasteiger partial charge in [-0.3, -0.25) is 9.59 Å². The highest BCUT2D eigenvalue weighted by Gasteiger charge is 2.72. The summed E-state index contributed by atoms with van der Waals surface area (Å²) in [4.78, 5) is 82.5. The van der Waals surface area contributed by atoms with Gasteiger partial charge in [0, 0.05) is 49.9 Å². The average molecular weight is 1040 g/mol. The molecule has 76 heavy (non-hydrogen) atoms. The number of fused-ring (bicyclic) bond motifs is 10. The Morgan fingerprint density at radius 3 is 1.07 bits per heavy atom. The average Bonchev–Trinajstić information content (AvgIpc) is 4.22. The first-order valence-electron chi connectivity index (χ1n) is 26.0. The summed E-state index contributed by atoms with van der Waals surface area (Å²) in [7, 11) is 0. The zero-order chi connectivity index (χ0) is 53.7. The van der Waals surface area contributed by atoms with Crippen LogP contribution in [0.1, 0.15) is 75.6 Å². The molecule has 6 heterocycles. The van der Waals surface area contributed by atoms with Crippen LogP contribution in [0.25, 0.3) is 22.3 Å². The van der Waals surface area contributed by atoms with Gasteiger partial charge in [-0.1, -0.05) is 97.1 Å². The van der Waals surface area contributed by atoms with Crippen molar-refractivity contribution in [2.45, 2.75) is 75.8 Å². The molecule has 0 unspecified atom stereocenters. The number of carbonyl (C=O) groups is 6. The quantitative estimate of drug-likeness (QED) is 0.176. The zero-order valence-corrected chi connectivity index (χ0v) is 43.6. The van der Waals surface area contributed by atoms with Crippen LogP contribution in [-0.4, -0.2) is 167 Å². The Bertz CT molecular complexity index is 2730. The Hall–Kier alpha value is -7.18. The highest BCUT2D eigenvalue weighted by molar-refractivity contribution is 5.83. The normalized spacial score (nSPS) is 25.0. The molecule has 0 radical (unpaired) electrons. The van der Waals surface area contributed by atoms with Crippen LogP contribution < -0.4 is 0 Å². The number of ether oxygens (including phenoxy) is 6. The van der Waals surface area contributed by atoms with Crippen molar-refractivity contribution in [2.24, 2.45) is 22.7 Å². The Morgan fingerprint density at radius 1 is 0.474 bits per heavy atom. The lowest BCUT2D eigenvalue weighted by molar-refractivity contribution is -0.150. The maximum Gasteiger partial charge on any atom is 0.410 e. The molecule has 4 atom stereocenters. The number of benzene rings is 4. The van der Waals surface area contributed by atoms with Crippen molar-refractivity contribution in [1.29, 1.82) is 0 Å². The Balaban J connectivity index is 0.000000162. The summed E-state index contributed by atoms with van der Waals surface area (Å²) in [5.41, 5.74) is 3.69. The predicted octanol–water partition coefficient (Wildman–Crippen LogP) is 7.92. The smallest absolute Gasteiger partial charge is 0.410 e. The first-order chi connectivity index (χ1) is 36.1. The van der Waals surface area contributed by atoms with Crippen molar-refractivity contribution < 1.29 is 67.4 Å². The maximum atomic E-state index is 13.3. The van der Waals surface area contributed by atoms with E-state index in [0.717, 1.165) is 44.5 Å². The maximum absolute atomic E-state index is 13.3. The van der Waals surface area contributed by atoms with Crippen LogP contribution >= 0.6 is 0 Å². The second kappa shape index (κ2) is 18.2. The summed E-state index contributed by atoms with van der Waals surface area (Å²) < 4.78 is 34.6. The van der Waals surface area contributed by atoms with E-state index in [4.69, 9.17) is 28.4 Å². The summed E-state index contributed by atoms with van der Waals surface area (Å²) in [5.74, 6) is -3.05. The number of aliphatic carboxylic acids is 2. The Morgan fingerprint density at radius 2 is 0.776 bits per heavy atom. The molecule has 4 aromatic carbocycles. The number of carboxylic acid groups (broad SMARTS) is 2. The van der Waals surface area contributed by atoms with Gasteiger partial charge in [-0.15, -0.1) is 0 Å². The van der Waals surface area contributed by atoms with Gasteiger partial charge in [0.2, 0.25) is 0 Å². The lowest BCUT2D eigenvalue weighted by Gasteiger charge is -2.50. The van der Waals surface area contributed by atoms with Gasteiger partial charge in [-0.2, -0.15) is 0 Å². The van der Waals surface area contributed by atoms with Crippen molar-refractivity contribution >= 4 is 36.3 Å². The molecule has 18 nitrogen and oxygen atoms in total. The third-order valence-electron chi connectivity index (χ3n) is 16.8. The van der Waals surface area contributed by atoms with Gasteiger partial charge in [0.1, 0.15) is 46.4 Å². The van der Waals surface area contributed by atoms with E-state index < -0.39 is 81.4 Å². The third kappa shape index (κ3) is 8.47. The van der Waals surface area contributed by atoms with Crippen LogP contribution in [0.3, 0.4) is 0 Å². The Kier molecular flexibility index (Phi) is 12.2. The minimum Gasteiger partial charge on any atom is -0.481 e. The fraction of sp³-hybridized carbons (Fsp3) is 0.483. The molecule has 8 aliphatic rings. The van der Waals surface area contributed by atoms with E-state index in [1.54, 1.807) is 41.5 Å². The molecule has 18 heteroatoms. The highest BCUT2D eigenvalue weighted by Crippen LogP contribution is 2.56. The lowest BCUT2D eigenvalue weighted by atomic mass is 9.69. The molecule has 2 aliphatic carbocycles. The number of likely N-dealkylation sites (tertiary alicyclic amines) is 4. The fourth-order valence-electron chi connectivity index (χ4n) is 13.1. The SMILES string of the molecule is CC(C)(C)OC(=O)N1CC2(C1)OC[C@@]1(C(=O)O)CN(C(=O)OCC3c4ccccc4-c4ccccc43)C[C@@H]21.CC(C)(C)OC(=O)N1CC2(C1)OC[C@]1(C(=O)O)CN(C(=O)OCC3c4ccccc4-c4ccccc43)C[C@H]21. The summed E-state index contributed by atoms with van der Waals surface area (Å²) in [6.07, 6.45) is -1.96. The van der Waals surface area contributed by atoms with E-state index in [1.165, 1.54) is 19.6 Å². The van der Waals surface area contributed by atoms with E-state index in [9.17, 15) is 39.0 Å². The van der Waals surface area contributed by atoms with E-state index in [1.807, 2.05) is 48.5 Å². The standard InChI is InChI=1S/2C29H32N2O7/c2*1-27(2,3)38-26(35)31-15-29(16-31)23-12-30(14-28(23,17-37-29)24(32)33)25(34)36-13-22-20-10-6-4-8-18(20)19-9-5-7-11-21(19)22/h2*4-11,22-23H,12-17H2,1-3H3,(H,32,33)/t2*23-,28+/m10/s1. The monoisotopic (exact) mass is 1040 g/mol. The van der Waals surface area contributed by atoms with Crippen molar-refractivity contribution in [2.75, 3.05) is 78.8 Å². The number of nitrogens with zero attached hydrogens (tertiary/aromatic N) is 4. The fourth-order valence-corrected chi connectivity index (χ4v) is 13.1. The molecule has 2 N–H and O–H groups in total. The molecular weight excluding hydrogens is 977 g/mol. The van der Waals surface area contributed by atoms with Gasteiger partial charge in [0.25, 0.3) is 0 Å². The van der Waals surface area contributed by atoms with Gasteiger partial charge < -0.3 is 58.2 Å². The van der Waals surface area contributed by atoms with Gasteiger partial charge in [0.15, 0.2) is 0 Å². The first-order valence-corrected chi connectivity index (χ1v) is 26.0. The third-order valence-corrected chi connectivity index (χ3v) is 16.8. The molecule has 4 amide bonds. The molecule has 0 saturated carbocycles. The van der Waals surface area contributed by atoms with E-state index in [0.29, 0.717) is 0 Å². The van der Waals surface area contributed by atoms with Crippen LogP contribution in [0.2, 0.25) is 0 Å². The minimum atomic E-state index is -1.23. The van der Waals surface area contributed by atoms with Gasteiger partial charge in [-0.25, -0.2) is 19.2 Å². The topological polar surface area (TPSA) is 211 Å². The minimum absolute atomic E-state index is 0.0116. The molecule has 0 bridgehead atoms. The summed E-state index contributed by atoms with van der Waals surface area (Å²) in [6, 6.07) is 32.5. The zero-order valence-electron chi connectivity index (χ0n) is 43.6. The van der Waals surface area contributed by atoms with Crippen LogP contribution in [0.5, 0.6) is 0 Å². The molecule has 0 aromatic heterocycles. The molecule has 4 aromatic rings. The highest BCUT2D eigenvalue weighted by atomic mass is 16.6. The number of amides is 4. The van der Waals surface area contributed by atoms with Crippen LogP contribution in [-0.2, 0) is 38.0 Å². The van der Waals surface area contributed by atoms with Crippen LogP contribution in [0, 0.1) is 22.7 Å². The first kappa shape index (κ1) is 51.0. The molecule has 6 fully saturated rings. The molecule has 6 aliphatic heterocycles. The Labute approximate surface area is 440 Å². The molecule has 12 rings (SSSR count). The second-order valence-corrected chi connectivity index (χ2v) is 23.8. The van der Waals surface area contributed by atoms with E-state index in [2.05, 4.69) is 48.5 Å². The largest absolute Gasteiger partial charge is 0.481 e. The van der Waals surface area contributed by atoms with Crippen molar-refractivity contribution in [3.05, 3.63) is 119 Å². The van der Waals surface area contributed by atoms with Gasteiger partial charge in [0.05, 0.1) is 39.4 Å². The second-order valence-electron chi connectivity index (χ2n) is 23.8. The summed E-state index contributed by atoms with van der Waals surface area (Å²) in [6.45, 7) is 12.5. The number of rotatable bonds is 6. The molecular formula is C58H64N4O14. The van der Waals surface area contributed by atoms with E-state index in [-0.39, 0.29) is 90.6 Å². The molecule has 400 valence electrons. The predicted molar refractivity (Wildman–Crippen MR) is 273 cm³/mol. The number of hydrogen-bond acceptors (Lipinski definition) is 12. The van der Waals surface area contributed by atoms with Gasteiger partial charge in [-0.05, 0) is 86.1 Å². The summed E-state index contributed by atoms with van der Waals surface area (Å²) in [5, 5.41) is 20.4. The lowest BCUT2D eigenvalue weighted by Crippen LogP contribution is -2.68. The van der Waals surface area contributed by atoms with E-state index >= 15 is 0 Å². The van der Waals surface area contributed by atoms with Crippen molar-refractivity contribution in [3.63, 3.8) is 0 Å². The number of hydrogen-bond donors (Lipinski definition) is 2.